The number of ketones is 1. The molecule has 0 bridgehead atoms. The number of Topliss-reactive ketones (excluding diaryl/α,β-unsaturated/α-hetero) is 1. The molecule has 3 aromatic rings. The van der Waals surface area contributed by atoms with Crippen LogP contribution in [-0.4, -0.2) is 75.9 Å². The lowest BCUT2D eigenvalue weighted by Crippen LogP contribution is -2.56. The molecule has 2 N–H and O–H groups in total. The SMILES string of the molecule is C/C1=C\[C@@H]2[C@H](CC[C@]3(CO3)[C@H](OC(=O)c3cn(-c4ccccc4)nc3-c3ccc(N(C)C)cc3)[C@H]3[C@@H](O)[C@@H](C)C[C@]3(O)C1=O)C2(C)C. The third kappa shape index (κ3) is 5.23. The van der Waals surface area contributed by atoms with E-state index < -0.39 is 47.0 Å². The standard InChI is InChI=1S/C38H45N3O6/c1-22-18-29-28(36(29,3)4)16-17-37(21-46-37)34(30-32(42)23(2)19-38(30,45)33(22)43)47-35(44)27-20-41(26-10-8-7-9-11-26)39-31(27)24-12-14-25(15-13-24)40(5)6/h7-15,18,20,23,28-30,32,34,42,45H,16-17,19,21H2,1-6H3/b22-18+/t23-,28-,29+,30+,32-,34+,37-,38+/m0/s1. The highest BCUT2D eigenvalue weighted by molar-refractivity contribution is 6.02. The molecule has 9 nitrogen and oxygen atoms in total. The van der Waals surface area contributed by atoms with E-state index in [9.17, 15) is 19.8 Å². The van der Waals surface area contributed by atoms with Crippen LogP contribution in [0.1, 0.15) is 57.3 Å². The molecule has 2 heterocycles. The summed E-state index contributed by atoms with van der Waals surface area (Å²) in [6.45, 7) is 8.31. The molecular formula is C38H45N3O6. The predicted molar refractivity (Wildman–Crippen MR) is 178 cm³/mol. The molecular weight excluding hydrogens is 594 g/mol. The van der Waals surface area contributed by atoms with Crippen molar-refractivity contribution in [3.05, 3.63) is 78.0 Å². The molecule has 248 valence electrons. The first kappa shape index (κ1) is 31.8. The van der Waals surface area contributed by atoms with Crippen LogP contribution in [-0.2, 0) is 14.3 Å². The van der Waals surface area contributed by atoms with Crippen LogP contribution in [0, 0.1) is 29.1 Å². The van der Waals surface area contributed by atoms with Gasteiger partial charge in [0.15, 0.2) is 5.78 Å². The summed E-state index contributed by atoms with van der Waals surface area (Å²) < 4.78 is 14.3. The molecule has 8 atom stereocenters. The number of ether oxygens (including phenoxy) is 2. The van der Waals surface area contributed by atoms with Gasteiger partial charge in [-0.05, 0) is 79.2 Å². The first-order valence-corrected chi connectivity index (χ1v) is 16.7. The van der Waals surface area contributed by atoms with Crippen molar-refractivity contribution in [3.8, 4) is 16.9 Å². The molecule has 1 spiro atoms. The second-order valence-electron chi connectivity index (χ2n) is 15.1. The molecule has 1 aromatic heterocycles. The van der Waals surface area contributed by atoms with Gasteiger partial charge in [-0.2, -0.15) is 5.10 Å². The van der Waals surface area contributed by atoms with Gasteiger partial charge in [-0.1, -0.05) is 57.2 Å². The van der Waals surface area contributed by atoms with Gasteiger partial charge in [0, 0.05) is 31.5 Å². The Morgan fingerprint density at radius 1 is 1.11 bits per heavy atom. The molecule has 3 fully saturated rings. The summed E-state index contributed by atoms with van der Waals surface area (Å²) in [7, 11) is 3.93. The molecule has 1 saturated heterocycles. The zero-order valence-electron chi connectivity index (χ0n) is 28.0. The van der Waals surface area contributed by atoms with Gasteiger partial charge in [-0.15, -0.1) is 0 Å². The maximum atomic E-state index is 14.5. The number of nitrogens with zero attached hydrogens (tertiary/aromatic N) is 3. The second kappa shape index (κ2) is 11.1. The Morgan fingerprint density at radius 2 is 1.79 bits per heavy atom. The normalized spacial score (nSPS) is 35.2. The number of hydrogen-bond acceptors (Lipinski definition) is 8. The topological polar surface area (TPSA) is 117 Å². The highest BCUT2D eigenvalue weighted by Gasteiger charge is 2.68. The van der Waals surface area contributed by atoms with E-state index in [4.69, 9.17) is 14.6 Å². The lowest BCUT2D eigenvalue weighted by Gasteiger charge is -2.38. The third-order valence-corrected chi connectivity index (χ3v) is 11.5. The Balaban J connectivity index is 1.31. The predicted octanol–water partition coefficient (Wildman–Crippen LogP) is 5.23. The molecule has 7 rings (SSSR count). The van der Waals surface area contributed by atoms with Crippen molar-refractivity contribution in [1.29, 1.82) is 0 Å². The molecule has 0 unspecified atom stereocenters. The van der Waals surface area contributed by atoms with E-state index in [2.05, 4.69) is 13.8 Å². The zero-order chi connectivity index (χ0) is 33.5. The quantitative estimate of drug-likeness (QED) is 0.288. The van der Waals surface area contributed by atoms with Gasteiger partial charge in [-0.3, -0.25) is 4.79 Å². The number of aromatic nitrogens is 2. The van der Waals surface area contributed by atoms with Crippen LogP contribution in [0.3, 0.4) is 0 Å². The van der Waals surface area contributed by atoms with Crippen LogP contribution in [0.4, 0.5) is 5.69 Å². The van der Waals surface area contributed by atoms with E-state index >= 15 is 0 Å². The van der Waals surface area contributed by atoms with Crippen LogP contribution in [0.15, 0.2) is 72.4 Å². The summed E-state index contributed by atoms with van der Waals surface area (Å²) in [6.07, 6.45) is 3.01. The number of esters is 1. The van der Waals surface area contributed by atoms with Gasteiger partial charge in [0.1, 0.15) is 28.6 Å². The van der Waals surface area contributed by atoms with Crippen molar-refractivity contribution in [2.75, 3.05) is 25.6 Å². The highest BCUT2D eigenvalue weighted by Crippen LogP contribution is 2.63. The molecule has 3 aliphatic carbocycles. The number of para-hydroxylation sites is 1. The Kier molecular flexibility index (Phi) is 7.54. The first-order valence-electron chi connectivity index (χ1n) is 16.7. The van der Waals surface area contributed by atoms with Gasteiger partial charge >= 0.3 is 5.97 Å². The average molecular weight is 640 g/mol. The summed E-state index contributed by atoms with van der Waals surface area (Å²) >= 11 is 0. The highest BCUT2D eigenvalue weighted by atomic mass is 16.6. The van der Waals surface area contributed by atoms with E-state index in [1.165, 1.54) is 0 Å². The van der Waals surface area contributed by atoms with Crippen molar-refractivity contribution in [2.24, 2.45) is 29.1 Å². The van der Waals surface area contributed by atoms with Gasteiger partial charge in [-0.25, -0.2) is 9.48 Å². The molecule has 4 aliphatic rings. The van der Waals surface area contributed by atoms with Crippen molar-refractivity contribution in [1.82, 2.24) is 9.78 Å². The van der Waals surface area contributed by atoms with Crippen molar-refractivity contribution in [2.45, 2.75) is 70.4 Å². The molecule has 2 saturated carbocycles. The van der Waals surface area contributed by atoms with E-state index in [0.29, 0.717) is 30.2 Å². The number of epoxide rings is 1. The van der Waals surface area contributed by atoms with E-state index in [1.807, 2.05) is 86.6 Å². The largest absolute Gasteiger partial charge is 0.455 e. The van der Waals surface area contributed by atoms with Crippen LogP contribution in [0.25, 0.3) is 16.9 Å². The van der Waals surface area contributed by atoms with Crippen LogP contribution in [0.2, 0.25) is 0 Å². The van der Waals surface area contributed by atoms with Crippen LogP contribution >= 0.6 is 0 Å². The monoisotopic (exact) mass is 639 g/mol. The minimum atomic E-state index is -1.92. The van der Waals surface area contributed by atoms with Gasteiger partial charge in [0.05, 0.1) is 24.3 Å². The number of benzene rings is 2. The van der Waals surface area contributed by atoms with E-state index in [1.54, 1.807) is 17.8 Å². The van der Waals surface area contributed by atoms with E-state index in [-0.39, 0.29) is 23.3 Å². The first-order chi connectivity index (χ1) is 22.3. The maximum Gasteiger partial charge on any atom is 0.342 e. The number of fused-ring (bicyclic) bond motifs is 2. The van der Waals surface area contributed by atoms with E-state index in [0.717, 1.165) is 23.4 Å². The lowest BCUT2D eigenvalue weighted by atomic mass is 9.74. The molecule has 0 radical (unpaired) electrons. The Labute approximate surface area is 276 Å². The summed E-state index contributed by atoms with van der Waals surface area (Å²) in [5.74, 6) is -1.97. The Morgan fingerprint density at radius 3 is 2.43 bits per heavy atom. The van der Waals surface area contributed by atoms with Crippen molar-refractivity contribution >= 4 is 17.4 Å². The number of carbonyl (C=O) groups excluding carboxylic acids is 2. The Bertz CT molecular complexity index is 1720. The molecule has 9 heteroatoms. The number of aliphatic hydroxyl groups is 2. The average Bonchev–Trinajstić information content (AvgIpc) is 3.83. The van der Waals surface area contributed by atoms with Gasteiger partial charge in [0.25, 0.3) is 0 Å². The number of hydrogen-bond donors (Lipinski definition) is 2. The fraction of sp³-hybridized carbons (Fsp3) is 0.500. The lowest BCUT2D eigenvalue weighted by molar-refractivity contribution is -0.151. The third-order valence-electron chi connectivity index (χ3n) is 11.5. The summed E-state index contributed by atoms with van der Waals surface area (Å²) in [5.41, 5.74) is 0.876. The number of rotatable bonds is 5. The summed E-state index contributed by atoms with van der Waals surface area (Å²) in [5, 5.41) is 28.7. The van der Waals surface area contributed by atoms with Crippen LogP contribution < -0.4 is 4.90 Å². The van der Waals surface area contributed by atoms with Crippen molar-refractivity contribution in [3.63, 3.8) is 0 Å². The number of allylic oxidation sites excluding steroid dienone is 1. The minimum absolute atomic E-state index is 0.0105. The van der Waals surface area contributed by atoms with Crippen molar-refractivity contribution < 1.29 is 29.3 Å². The minimum Gasteiger partial charge on any atom is -0.455 e. The smallest absolute Gasteiger partial charge is 0.342 e. The zero-order valence-corrected chi connectivity index (χ0v) is 28.0. The maximum absolute atomic E-state index is 14.5. The second-order valence-corrected chi connectivity index (χ2v) is 15.1. The summed E-state index contributed by atoms with van der Waals surface area (Å²) in [4.78, 5) is 30.6. The summed E-state index contributed by atoms with van der Waals surface area (Å²) in [6, 6.07) is 17.3. The van der Waals surface area contributed by atoms with Crippen LogP contribution in [0.5, 0.6) is 0 Å². The molecule has 0 amide bonds. The number of aliphatic hydroxyl groups excluding tert-OH is 1. The van der Waals surface area contributed by atoms with Gasteiger partial charge < -0.3 is 24.6 Å². The molecule has 1 aliphatic heterocycles. The Hall–Kier alpha value is -3.79. The number of carbonyl (C=O) groups is 2. The molecule has 47 heavy (non-hydrogen) atoms. The fourth-order valence-corrected chi connectivity index (χ4v) is 8.41. The fourth-order valence-electron chi connectivity index (χ4n) is 8.41. The van der Waals surface area contributed by atoms with Gasteiger partial charge in [0.2, 0.25) is 0 Å². The number of anilines is 1. The molecule has 2 aromatic carbocycles.